The Morgan fingerprint density at radius 3 is 2.88 bits per heavy atom. The van der Waals surface area contributed by atoms with Crippen molar-refractivity contribution in [1.82, 2.24) is 14.9 Å². The molecule has 2 rings (SSSR count). The highest BCUT2D eigenvalue weighted by Crippen LogP contribution is 2.20. The van der Waals surface area contributed by atoms with Crippen molar-refractivity contribution in [2.75, 3.05) is 0 Å². The monoisotopic (exact) mass is 261 g/mol. The number of hydrogen-bond acceptors (Lipinski definition) is 5. The van der Waals surface area contributed by atoms with Gasteiger partial charge in [0.15, 0.2) is 5.76 Å². The molecule has 0 aromatic carbocycles. The van der Waals surface area contributed by atoms with Gasteiger partial charge in [-0.05, 0) is 0 Å². The average Bonchev–Trinajstić information content (AvgIpc) is 2.71. The van der Waals surface area contributed by atoms with Crippen LogP contribution in [0.15, 0.2) is 23.0 Å². The molecule has 0 aliphatic heterocycles. The van der Waals surface area contributed by atoms with Crippen LogP contribution in [0.4, 0.5) is 0 Å². The van der Waals surface area contributed by atoms with Gasteiger partial charge in [0, 0.05) is 30.0 Å². The first-order valence-electron chi connectivity index (χ1n) is 4.31. The quantitative estimate of drug-likeness (QED) is 0.775. The third-order valence-corrected chi connectivity index (χ3v) is 2.84. The zero-order valence-corrected chi connectivity index (χ0v) is 9.86. The summed E-state index contributed by atoms with van der Waals surface area (Å²) in [5.41, 5.74) is 1.00. The van der Waals surface area contributed by atoms with E-state index >= 15 is 0 Å². The molecule has 0 N–H and O–H groups in total. The second kappa shape index (κ2) is 3.91. The van der Waals surface area contributed by atoms with E-state index in [1.807, 2.05) is 0 Å². The van der Waals surface area contributed by atoms with Gasteiger partial charge in [0.25, 0.3) is 0 Å². The number of rotatable bonds is 3. The Balaban J connectivity index is 2.26. The minimum Gasteiger partial charge on any atom is -0.356 e. The van der Waals surface area contributed by atoms with E-state index in [4.69, 9.17) is 15.2 Å². The van der Waals surface area contributed by atoms with Crippen molar-refractivity contribution < 1.29 is 12.9 Å². The van der Waals surface area contributed by atoms with Gasteiger partial charge in [-0.2, -0.15) is 5.10 Å². The van der Waals surface area contributed by atoms with Crippen LogP contribution in [0.1, 0.15) is 5.69 Å². The van der Waals surface area contributed by atoms with Crippen LogP contribution >= 0.6 is 10.7 Å². The zero-order valence-electron chi connectivity index (χ0n) is 8.29. The Bertz CT molecular complexity index is 602. The van der Waals surface area contributed by atoms with Crippen molar-refractivity contribution in [1.29, 1.82) is 0 Å². The van der Waals surface area contributed by atoms with E-state index in [2.05, 4.69) is 10.3 Å². The van der Waals surface area contributed by atoms with Crippen molar-refractivity contribution in [3.05, 3.63) is 24.2 Å². The Kier molecular flexibility index (Phi) is 2.73. The van der Waals surface area contributed by atoms with Crippen molar-refractivity contribution in [2.24, 2.45) is 7.05 Å². The van der Waals surface area contributed by atoms with Gasteiger partial charge >= 0.3 is 0 Å². The first kappa shape index (κ1) is 11.2. The summed E-state index contributed by atoms with van der Waals surface area (Å²) in [6.07, 6.45) is 3.33. The Morgan fingerprint density at radius 1 is 1.56 bits per heavy atom. The zero-order chi connectivity index (χ0) is 11.8. The molecule has 0 spiro atoms. The largest absolute Gasteiger partial charge is 0.356 e. The van der Waals surface area contributed by atoms with Gasteiger partial charge in [-0.1, -0.05) is 5.16 Å². The molecule has 16 heavy (non-hydrogen) atoms. The van der Waals surface area contributed by atoms with Gasteiger partial charge in [-0.25, -0.2) is 8.42 Å². The van der Waals surface area contributed by atoms with E-state index in [0.717, 1.165) is 5.56 Å². The fourth-order valence-corrected chi connectivity index (χ4v) is 2.07. The summed E-state index contributed by atoms with van der Waals surface area (Å²) in [5, 5.41) is 7.57. The van der Waals surface area contributed by atoms with Crippen molar-refractivity contribution >= 4 is 19.7 Å². The van der Waals surface area contributed by atoms with Gasteiger partial charge in [-0.15, -0.1) is 0 Å². The highest BCUT2D eigenvalue weighted by atomic mass is 35.7. The van der Waals surface area contributed by atoms with Crippen LogP contribution in [0.25, 0.3) is 11.3 Å². The molecule has 0 saturated heterocycles. The van der Waals surface area contributed by atoms with Crippen molar-refractivity contribution in [3.63, 3.8) is 0 Å². The van der Waals surface area contributed by atoms with Crippen LogP contribution in [0.3, 0.4) is 0 Å². The molecule has 0 atom stereocenters. The van der Waals surface area contributed by atoms with Crippen molar-refractivity contribution in [3.8, 4) is 11.3 Å². The summed E-state index contributed by atoms with van der Waals surface area (Å²) < 4.78 is 28.2. The summed E-state index contributed by atoms with van der Waals surface area (Å²) in [5.74, 6) is 0.113. The number of halogens is 1. The minimum atomic E-state index is -3.61. The minimum absolute atomic E-state index is 0.272. The Labute approximate surface area is 96.2 Å². The summed E-state index contributed by atoms with van der Waals surface area (Å²) in [6.45, 7) is 0. The van der Waals surface area contributed by atoms with Crippen LogP contribution in [-0.2, 0) is 21.9 Å². The number of aromatic nitrogens is 3. The number of nitrogens with zero attached hydrogens (tertiary/aromatic N) is 3. The first-order chi connectivity index (χ1) is 7.44. The summed E-state index contributed by atoms with van der Waals surface area (Å²) >= 11 is 0. The van der Waals surface area contributed by atoms with E-state index in [0.29, 0.717) is 5.76 Å². The lowest BCUT2D eigenvalue weighted by atomic mass is 10.2. The molecule has 0 radical (unpaired) electrons. The van der Waals surface area contributed by atoms with E-state index in [9.17, 15) is 8.42 Å². The maximum atomic E-state index is 10.8. The molecule has 86 valence electrons. The number of aryl methyl sites for hydroxylation is 1. The molecule has 0 aliphatic carbocycles. The van der Waals surface area contributed by atoms with Crippen LogP contribution in [0.2, 0.25) is 0 Å². The lowest BCUT2D eigenvalue weighted by molar-refractivity contribution is 0.426. The standard InChI is InChI=1S/C8H8ClN3O3S/c1-12-4-6(3-10-12)8-2-7(11-15-8)5-16(9,13)14/h2-4H,5H2,1H3. The fraction of sp³-hybridized carbons (Fsp3) is 0.250. The molecular weight excluding hydrogens is 254 g/mol. The molecule has 0 bridgehead atoms. The molecular formula is C8H8ClN3O3S. The van der Waals surface area contributed by atoms with E-state index in [1.165, 1.54) is 6.07 Å². The predicted octanol–water partition coefficient (Wildman–Crippen LogP) is 1.14. The van der Waals surface area contributed by atoms with Gasteiger partial charge in [0.05, 0.1) is 11.8 Å². The molecule has 0 fully saturated rings. The third-order valence-electron chi connectivity index (χ3n) is 1.87. The summed E-state index contributed by atoms with van der Waals surface area (Å²) in [6, 6.07) is 1.52. The lowest BCUT2D eigenvalue weighted by Crippen LogP contribution is -1.94. The normalized spacial score (nSPS) is 11.9. The average molecular weight is 262 g/mol. The van der Waals surface area contributed by atoms with Crippen LogP contribution in [0.5, 0.6) is 0 Å². The SMILES string of the molecule is Cn1cc(-c2cc(CS(=O)(=O)Cl)no2)cn1. The second-order valence-electron chi connectivity index (χ2n) is 3.27. The number of hydrogen-bond donors (Lipinski definition) is 0. The van der Waals surface area contributed by atoms with Crippen LogP contribution in [0, 0.1) is 0 Å². The topological polar surface area (TPSA) is 78.0 Å². The lowest BCUT2D eigenvalue weighted by Gasteiger charge is -1.86. The molecule has 2 aromatic heterocycles. The summed E-state index contributed by atoms with van der Waals surface area (Å²) in [7, 11) is 3.26. The van der Waals surface area contributed by atoms with Gasteiger partial charge in [0.2, 0.25) is 9.05 Å². The van der Waals surface area contributed by atoms with Crippen LogP contribution < -0.4 is 0 Å². The molecule has 0 amide bonds. The Hall–Kier alpha value is -1.34. The van der Waals surface area contributed by atoms with E-state index < -0.39 is 9.05 Å². The summed E-state index contributed by atoms with van der Waals surface area (Å²) in [4.78, 5) is 0. The molecule has 0 aliphatic rings. The fourth-order valence-electron chi connectivity index (χ4n) is 1.24. The second-order valence-corrected chi connectivity index (χ2v) is 6.05. The smallest absolute Gasteiger partial charge is 0.238 e. The molecule has 0 saturated carbocycles. The molecule has 2 aromatic rings. The molecule has 8 heteroatoms. The van der Waals surface area contributed by atoms with Gasteiger partial charge < -0.3 is 4.52 Å². The molecule has 0 unspecified atom stereocenters. The van der Waals surface area contributed by atoms with E-state index in [-0.39, 0.29) is 11.4 Å². The first-order valence-corrected chi connectivity index (χ1v) is 6.79. The predicted molar refractivity (Wildman–Crippen MR) is 57.2 cm³/mol. The molecule has 6 nitrogen and oxygen atoms in total. The van der Waals surface area contributed by atoms with E-state index in [1.54, 1.807) is 24.1 Å². The third kappa shape index (κ3) is 2.61. The highest BCUT2D eigenvalue weighted by molar-refractivity contribution is 8.13. The highest BCUT2D eigenvalue weighted by Gasteiger charge is 2.13. The Morgan fingerprint density at radius 2 is 2.31 bits per heavy atom. The van der Waals surface area contributed by atoms with Gasteiger partial charge in [-0.3, -0.25) is 4.68 Å². The maximum Gasteiger partial charge on any atom is 0.238 e. The van der Waals surface area contributed by atoms with Crippen LogP contribution in [-0.4, -0.2) is 23.4 Å². The van der Waals surface area contributed by atoms with Crippen molar-refractivity contribution in [2.45, 2.75) is 5.75 Å². The van der Waals surface area contributed by atoms with Gasteiger partial charge in [0.1, 0.15) is 11.4 Å². The maximum absolute atomic E-state index is 10.8. The molecule has 2 heterocycles.